The summed E-state index contributed by atoms with van der Waals surface area (Å²) in [6.45, 7) is 5.96. The van der Waals surface area contributed by atoms with Crippen LogP contribution in [-0.4, -0.2) is 55.1 Å². The molecule has 0 aliphatic carbocycles. The summed E-state index contributed by atoms with van der Waals surface area (Å²) in [6, 6.07) is 12.1. The Morgan fingerprint density at radius 1 is 0.974 bits per heavy atom. The van der Waals surface area contributed by atoms with Gasteiger partial charge in [-0.25, -0.2) is 4.79 Å². The van der Waals surface area contributed by atoms with E-state index >= 15 is 0 Å². The summed E-state index contributed by atoms with van der Waals surface area (Å²) in [4.78, 5) is 30.3. The van der Waals surface area contributed by atoms with Crippen LogP contribution in [0.5, 0.6) is 17.2 Å². The maximum absolute atomic E-state index is 13.9. The molecule has 12 heteroatoms. The number of nitrogens with zero attached hydrogens (tertiary/aromatic N) is 2. The van der Waals surface area contributed by atoms with Crippen LogP contribution in [0.2, 0.25) is 0 Å². The lowest BCUT2D eigenvalue weighted by Crippen LogP contribution is -2.28. The lowest BCUT2D eigenvalue weighted by atomic mass is 10.1. The number of nitrogens with one attached hydrogen (secondary N) is 3. The number of hydrogen-bond donors (Lipinski definition) is 3. The molecule has 0 aliphatic rings. The third kappa shape index (κ3) is 8.34. The standard InChI is InChI=1S/C27H30F3N5O4/c1-4-35(5-2)15-16-38-23-8-6-7-21(24(23)27(28,29)30)34-26(37)33-18-9-11-19(12-10-18)39-20-13-14-32-22(17-20)25(36)31-3/h6-14,17H,4-5,15-16H2,1-3H3,(H,31,36)(H2,33,34,37). The van der Waals surface area contributed by atoms with Gasteiger partial charge < -0.3 is 30.3 Å². The van der Waals surface area contributed by atoms with Crippen LogP contribution >= 0.6 is 0 Å². The SMILES string of the molecule is CCN(CC)CCOc1cccc(NC(=O)Nc2ccc(Oc3ccnc(C(=O)NC)c3)cc2)c1C(F)(F)F. The molecule has 0 spiro atoms. The molecule has 0 aliphatic heterocycles. The van der Waals surface area contributed by atoms with Gasteiger partial charge in [-0.05, 0) is 55.6 Å². The first kappa shape index (κ1) is 29.2. The molecular weight excluding hydrogens is 515 g/mol. The van der Waals surface area contributed by atoms with E-state index in [1.54, 1.807) is 18.2 Å². The number of likely N-dealkylation sites (N-methyl/N-ethyl adjacent to an activating group) is 1. The highest BCUT2D eigenvalue weighted by Gasteiger charge is 2.38. The van der Waals surface area contributed by atoms with E-state index in [2.05, 4.69) is 20.9 Å². The molecule has 0 unspecified atom stereocenters. The number of alkyl halides is 3. The second-order valence-electron chi connectivity index (χ2n) is 8.21. The monoisotopic (exact) mass is 545 g/mol. The Morgan fingerprint density at radius 2 is 1.69 bits per heavy atom. The summed E-state index contributed by atoms with van der Waals surface area (Å²) in [5.41, 5.74) is -0.982. The van der Waals surface area contributed by atoms with Gasteiger partial charge in [0, 0.05) is 31.5 Å². The van der Waals surface area contributed by atoms with E-state index < -0.39 is 23.5 Å². The molecule has 3 rings (SSSR count). The van der Waals surface area contributed by atoms with E-state index in [9.17, 15) is 22.8 Å². The minimum absolute atomic E-state index is 0.0709. The molecule has 0 bridgehead atoms. The zero-order chi connectivity index (χ0) is 28.4. The van der Waals surface area contributed by atoms with Crippen molar-refractivity contribution in [3.8, 4) is 17.2 Å². The largest absolute Gasteiger partial charge is 0.492 e. The number of rotatable bonds is 11. The number of carbonyl (C=O) groups excluding carboxylic acids is 2. The zero-order valence-electron chi connectivity index (χ0n) is 21.8. The molecule has 3 N–H and O–H groups in total. The molecule has 3 aromatic rings. The summed E-state index contributed by atoms with van der Waals surface area (Å²) >= 11 is 0. The van der Waals surface area contributed by atoms with Gasteiger partial charge in [0.1, 0.15) is 35.1 Å². The second kappa shape index (κ2) is 13.5. The highest BCUT2D eigenvalue weighted by atomic mass is 19.4. The van der Waals surface area contributed by atoms with Crippen LogP contribution in [0.25, 0.3) is 0 Å². The Balaban J connectivity index is 1.66. The van der Waals surface area contributed by atoms with Crippen molar-refractivity contribution in [1.29, 1.82) is 0 Å². The Labute approximate surface area is 224 Å². The van der Waals surface area contributed by atoms with Gasteiger partial charge in [-0.2, -0.15) is 13.2 Å². The molecular formula is C27H30F3N5O4. The van der Waals surface area contributed by atoms with Gasteiger partial charge in [0.25, 0.3) is 5.91 Å². The number of urea groups is 1. The fourth-order valence-electron chi connectivity index (χ4n) is 3.63. The number of ether oxygens (including phenoxy) is 2. The third-order valence-electron chi connectivity index (χ3n) is 5.66. The Kier molecular flexibility index (Phi) is 10.1. The van der Waals surface area contributed by atoms with Crippen molar-refractivity contribution in [2.45, 2.75) is 20.0 Å². The molecule has 0 atom stereocenters. The average Bonchev–Trinajstić information content (AvgIpc) is 2.91. The molecule has 39 heavy (non-hydrogen) atoms. The van der Waals surface area contributed by atoms with E-state index in [1.807, 2.05) is 18.7 Å². The van der Waals surface area contributed by atoms with Crippen LogP contribution in [-0.2, 0) is 6.18 Å². The number of pyridine rings is 1. The van der Waals surface area contributed by atoms with Crippen LogP contribution in [0, 0.1) is 0 Å². The first-order valence-electron chi connectivity index (χ1n) is 12.2. The number of halogens is 3. The van der Waals surface area contributed by atoms with Gasteiger partial charge in [0.2, 0.25) is 0 Å². The smallest absolute Gasteiger partial charge is 0.421 e. The van der Waals surface area contributed by atoms with Crippen molar-refractivity contribution in [2.24, 2.45) is 0 Å². The molecule has 0 saturated carbocycles. The Bertz CT molecular complexity index is 1270. The quantitative estimate of drug-likeness (QED) is 0.289. The summed E-state index contributed by atoms with van der Waals surface area (Å²) < 4.78 is 52.9. The fraction of sp³-hybridized carbons (Fsp3) is 0.296. The number of amides is 3. The first-order chi connectivity index (χ1) is 18.6. The lowest BCUT2D eigenvalue weighted by Gasteiger charge is -2.21. The van der Waals surface area contributed by atoms with Gasteiger partial charge in [0.05, 0.1) is 5.69 Å². The summed E-state index contributed by atoms with van der Waals surface area (Å²) in [5, 5.41) is 7.24. The van der Waals surface area contributed by atoms with Gasteiger partial charge >= 0.3 is 12.2 Å². The van der Waals surface area contributed by atoms with Crippen molar-refractivity contribution < 1.29 is 32.2 Å². The summed E-state index contributed by atoms with van der Waals surface area (Å²) in [7, 11) is 1.49. The molecule has 0 saturated heterocycles. The minimum Gasteiger partial charge on any atom is -0.492 e. The topological polar surface area (TPSA) is 105 Å². The van der Waals surface area contributed by atoms with Gasteiger partial charge in [-0.15, -0.1) is 0 Å². The third-order valence-corrected chi connectivity index (χ3v) is 5.66. The van der Waals surface area contributed by atoms with Crippen molar-refractivity contribution in [1.82, 2.24) is 15.2 Å². The number of aromatic nitrogens is 1. The van der Waals surface area contributed by atoms with E-state index in [0.717, 1.165) is 13.1 Å². The highest BCUT2D eigenvalue weighted by molar-refractivity contribution is 6.00. The first-order valence-corrected chi connectivity index (χ1v) is 12.2. The molecule has 2 aromatic carbocycles. The summed E-state index contributed by atoms with van der Waals surface area (Å²) in [5.74, 6) is 0.0610. The van der Waals surface area contributed by atoms with Crippen LogP contribution in [0.1, 0.15) is 29.9 Å². The predicted molar refractivity (Wildman–Crippen MR) is 142 cm³/mol. The Morgan fingerprint density at radius 3 is 2.33 bits per heavy atom. The normalized spacial score (nSPS) is 11.2. The predicted octanol–water partition coefficient (Wildman–Crippen LogP) is 5.62. The lowest BCUT2D eigenvalue weighted by molar-refractivity contribution is -0.138. The molecule has 0 fully saturated rings. The van der Waals surface area contributed by atoms with E-state index in [0.29, 0.717) is 23.7 Å². The zero-order valence-corrected chi connectivity index (χ0v) is 21.8. The van der Waals surface area contributed by atoms with Crippen molar-refractivity contribution >= 4 is 23.3 Å². The maximum atomic E-state index is 13.9. The maximum Gasteiger partial charge on any atom is 0.421 e. The van der Waals surface area contributed by atoms with Crippen molar-refractivity contribution in [3.63, 3.8) is 0 Å². The Hall–Kier alpha value is -4.32. The number of carbonyl (C=O) groups is 2. The van der Waals surface area contributed by atoms with Crippen molar-refractivity contribution in [3.05, 3.63) is 72.1 Å². The number of hydrogen-bond acceptors (Lipinski definition) is 6. The second-order valence-corrected chi connectivity index (χ2v) is 8.21. The van der Waals surface area contributed by atoms with Gasteiger partial charge in [-0.1, -0.05) is 19.9 Å². The van der Waals surface area contributed by atoms with Gasteiger partial charge in [-0.3, -0.25) is 9.78 Å². The van der Waals surface area contributed by atoms with Crippen LogP contribution in [0.15, 0.2) is 60.8 Å². The van der Waals surface area contributed by atoms with Crippen molar-refractivity contribution in [2.75, 3.05) is 43.9 Å². The average molecular weight is 546 g/mol. The van der Waals surface area contributed by atoms with Crippen LogP contribution in [0.3, 0.4) is 0 Å². The molecule has 3 amide bonds. The molecule has 208 valence electrons. The highest BCUT2D eigenvalue weighted by Crippen LogP contribution is 2.41. The molecule has 1 heterocycles. The molecule has 1 aromatic heterocycles. The van der Waals surface area contributed by atoms with Gasteiger partial charge in [0.15, 0.2) is 0 Å². The summed E-state index contributed by atoms with van der Waals surface area (Å²) in [6.07, 6.45) is -3.32. The molecule has 0 radical (unpaired) electrons. The van der Waals surface area contributed by atoms with Crippen LogP contribution < -0.4 is 25.4 Å². The van der Waals surface area contributed by atoms with E-state index in [4.69, 9.17) is 9.47 Å². The van der Waals surface area contributed by atoms with E-state index in [1.165, 1.54) is 49.6 Å². The minimum atomic E-state index is -4.75. The van der Waals surface area contributed by atoms with E-state index in [-0.39, 0.29) is 24.0 Å². The van der Waals surface area contributed by atoms with Crippen LogP contribution in [0.4, 0.5) is 29.3 Å². The number of anilines is 2. The molecule has 9 nitrogen and oxygen atoms in total. The fourth-order valence-corrected chi connectivity index (χ4v) is 3.63. The number of benzene rings is 2.